The molecule has 8 nitrogen and oxygen atoms in total. The third kappa shape index (κ3) is 7.01. The molecule has 0 bridgehead atoms. The summed E-state index contributed by atoms with van der Waals surface area (Å²) in [6.45, 7) is 5.96. The number of carbonyl (C=O) groups excluding carboxylic acids is 3. The van der Waals surface area contributed by atoms with E-state index in [-0.39, 0.29) is 16.9 Å². The summed E-state index contributed by atoms with van der Waals surface area (Å²) >= 11 is 0. The van der Waals surface area contributed by atoms with Gasteiger partial charge in [0.15, 0.2) is 0 Å². The molecule has 3 amide bonds. The van der Waals surface area contributed by atoms with Gasteiger partial charge in [0.05, 0.1) is 10.5 Å². The molecule has 10 heteroatoms. The SMILES string of the molecule is CCN(CC)C(=O)C(Cc1ccc(NC(=O)c2ccc(C)cc2F)cc1)C(=O)NS(=O)(=O)c1ccc2ccccc2c1. The average Bonchev–Trinajstić information content (AvgIpc) is 2.96. The molecule has 0 fully saturated rings. The Morgan fingerprint density at radius 3 is 2.17 bits per heavy atom. The summed E-state index contributed by atoms with van der Waals surface area (Å²) in [6.07, 6.45) is -0.0742. The number of sulfonamides is 1. The number of fused-ring (bicyclic) bond motifs is 1. The van der Waals surface area contributed by atoms with Crippen LogP contribution in [0.5, 0.6) is 0 Å². The smallest absolute Gasteiger partial charge is 0.264 e. The van der Waals surface area contributed by atoms with Crippen molar-refractivity contribution in [2.45, 2.75) is 32.1 Å². The van der Waals surface area contributed by atoms with Crippen molar-refractivity contribution in [2.75, 3.05) is 18.4 Å². The highest BCUT2D eigenvalue weighted by Crippen LogP contribution is 2.21. The van der Waals surface area contributed by atoms with Crippen LogP contribution < -0.4 is 10.0 Å². The van der Waals surface area contributed by atoms with Gasteiger partial charge in [-0.2, -0.15) is 0 Å². The number of aryl methyl sites for hydroxylation is 1. The highest BCUT2D eigenvalue weighted by atomic mass is 32.2. The topological polar surface area (TPSA) is 113 Å². The largest absolute Gasteiger partial charge is 0.343 e. The maximum absolute atomic E-state index is 14.2. The van der Waals surface area contributed by atoms with E-state index in [1.54, 1.807) is 69.3 Å². The summed E-state index contributed by atoms with van der Waals surface area (Å²) in [5.41, 5.74) is 1.55. The maximum Gasteiger partial charge on any atom is 0.264 e. The number of carbonyl (C=O) groups is 3. The van der Waals surface area contributed by atoms with Gasteiger partial charge >= 0.3 is 0 Å². The quantitative estimate of drug-likeness (QED) is 0.251. The molecule has 0 saturated carbocycles. The molecule has 0 heterocycles. The fourth-order valence-electron chi connectivity index (χ4n) is 4.61. The van der Waals surface area contributed by atoms with Gasteiger partial charge in [-0.15, -0.1) is 0 Å². The Hall–Kier alpha value is -4.57. The Labute approximate surface area is 244 Å². The lowest BCUT2D eigenvalue weighted by atomic mass is 9.97. The number of rotatable bonds is 10. The van der Waals surface area contributed by atoms with E-state index in [4.69, 9.17) is 0 Å². The van der Waals surface area contributed by atoms with Crippen molar-refractivity contribution in [1.29, 1.82) is 0 Å². The van der Waals surface area contributed by atoms with Crippen LogP contribution in [-0.2, 0) is 26.0 Å². The average molecular weight is 590 g/mol. The fourth-order valence-corrected chi connectivity index (χ4v) is 5.66. The lowest BCUT2D eigenvalue weighted by Crippen LogP contribution is -2.46. The van der Waals surface area contributed by atoms with Gasteiger partial charge in [-0.3, -0.25) is 14.4 Å². The molecule has 0 aromatic heterocycles. The van der Waals surface area contributed by atoms with Crippen molar-refractivity contribution in [3.63, 3.8) is 0 Å². The van der Waals surface area contributed by atoms with Crippen molar-refractivity contribution < 1.29 is 27.2 Å². The normalized spacial score (nSPS) is 12.0. The molecule has 42 heavy (non-hydrogen) atoms. The minimum Gasteiger partial charge on any atom is -0.343 e. The first kappa shape index (κ1) is 30.4. The lowest BCUT2D eigenvalue weighted by Gasteiger charge is -2.25. The van der Waals surface area contributed by atoms with Crippen LogP contribution in [0.1, 0.15) is 35.3 Å². The van der Waals surface area contributed by atoms with E-state index >= 15 is 0 Å². The zero-order valence-corrected chi connectivity index (χ0v) is 24.4. The van der Waals surface area contributed by atoms with E-state index in [1.165, 1.54) is 29.2 Å². The maximum atomic E-state index is 14.2. The first-order valence-electron chi connectivity index (χ1n) is 13.5. The van der Waals surface area contributed by atoms with Crippen molar-refractivity contribution in [3.05, 3.63) is 107 Å². The van der Waals surface area contributed by atoms with Crippen molar-refractivity contribution in [3.8, 4) is 0 Å². The second kappa shape index (κ2) is 12.9. The highest BCUT2D eigenvalue weighted by molar-refractivity contribution is 7.90. The zero-order valence-electron chi connectivity index (χ0n) is 23.6. The molecule has 1 atom stereocenters. The van der Waals surface area contributed by atoms with Crippen molar-refractivity contribution in [2.24, 2.45) is 5.92 Å². The van der Waals surface area contributed by atoms with E-state index in [9.17, 15) is 27.2 Å². The monoisotopic (exact) mass is 589 g/mol. The Bertz CT molecular complexity index is 1740. The van der Waals surface area contributed by atoms with Crippen molar-refractivity contribution in [1.82, 2.24) is 9.62 Å². The first-order chi connectivity index (χ1) is 20.0. The van der Waals surface area contributed by atoms with Crippen LogP contribution in [0.3, 0.4) is 0 Å². The van der Waals surface area contributed by atoms with Gasteiger partial charge < -0.3 is 10.2 Å². The van der Waals surface area contributed by atoms with Gasteiger partial charge in [-0.1, -0.05) is 48.5 Å². The molecular weight excluding hydrogens is 557 g/mol. The van der Waals surface area contributed by atoms with E-state index in [2.05, 4.69) is 10.0 Å². The molecule has 0 aliphatic heterocycles. The van der Waals surface area contributed by atoms with Gasteiger partial charge in [-0.25, -0.2) is 17.5 Å². The molecule has 4 aromatic rings. The van der Waals surface area contributed by atoms with Crippen LogP contribution >= 0.6 is 0 Å². The Balaban J connectivity index is 1.53. The molecule has 4 rings (SSSR count). The number of amides is 3. The Morgan fingerprint density at radius 1 is 0.857 bits per heavy atom. The number of anilines is 1. The van der Waals surface area contributed by atoms with E-state index in [1.807, 2.05) is 12.1 Å². The molecule has 0 aliphatic rings. The van der Waals surface area contributed by atoms with Crippen LogP contribution in [0.15, 0.2) is 89.8 Å². The van der Waals surface area contributed by atoms with Gasteiger partial charge in [0.2, 0.25) is 11.8 Å². The molecule has 0 radical (unpaired) electrons. The van der Waals surface area contributed by atoms with Crippen LogP contribution in [0.25, 0.3) is 10.8 Å². The van der Waals surface area contributed by atoms with Crippen LogP contribution in [0.4, 0.5) is 10.1 Å². The summed E-state index contributed by atoms with van der Waals surface area (Å²) in [5, 5.41) is 4.17. The zero-order chi connectivity index (χ0) is 30.4. The van der Waals surface area contributed by atoms with Crippen LogP contribution in [0.2, 0.25) is 0 Å². The van der Waals surface area contributed by atoms with Crippen molar-refractivity contribution >= 4 is 44.2 Å². The molecule has 2 N–H and O–H groups in total. The highest BCUT2D eigenvalue weighted by Gasteiger charge is 2.33. The number of benzene rings is 4. The van der Waals surface area contributed by atoms with Crippen LogP contribution in [-0.4, -0.2) is 44.1 Å². The predicted octanol–water partition coefficient (Wildman–Crippen LogP) is 5.07. The minimum absolute atomic E-state index is 0.0742. The molecule has 0 spiro atoms. The fraction of sp³-hybridized carbons (Fsp3) is 0.219. The van der Waals surface area contributed by atoms with E-state index in [0.29, 0.717) is 35.3 Å². The van der Waals surface area contributed by atoms with Gasteiger partial charge in [0, 0.05) is 18.8 Å². The van der Waals surface area contributed by atoms with Gasteiger partial charge in [0.25, 0.3) is 15.9 Å². The Morgan fingerprint density at radius 2 is 1.52 bits per heavy atom. The third-order valence-corrected chi connectivity index (χ3v) is 8.32. The second-order valence-corrected chi connectivity index (χ2v) is 11.6. The van der Waals surface area contributed by atoms with E-state index < -0.39 is 39.5 Å². The molecule has 0 aliphatic carbocycles. The van der Waals surface area contributed by atoms with E-state index in [0.717, 1.165) is 5.39 Å². The molecule has 1 unspecified atom stereocenters. The number of halogens is 1. The molecule has 218 valence electrons. The first-order valence-corrected chi connectivity index (χ1v) is 15.0. The second-order valence-electron chi connectivity index (χ2n) is 9.88. The number of hydrogen-bond acceptors (Lipinski definition) is 5. The summed E-state index contributed by atoms with van der Waals surface area (Å²) in [6, 6.07) is 22.5. The predicted molar refractivity (Wildman–Crippen MR) is 160 cm³/mol. The molecular formula is C32H32FN3O5S. The summed E-state index contributed by atoms with van der Waals surface area (Å²) < 4.78 is 42.6. The summed E-state index contributed by atoms with van der Waals surface area (Å²) in [7, 11) is -4.26. The summed E-state index contributed by atoms with van der Waals surface area (Å²) in [4.78, 5) is 40.6. The standard InChI is InChI=1S/C32H32FN3O5S/c1-4-36(5-2)32(39)28(31(38)35-42(40,41)26-16-13-23-8-6-7-9-24(23)20-26)19-22-11-14-25(15-12-22)34-30(37)27-17-10-21(3)18-29(27)33/h6-18,20,28H,4-5,19H2,1-3H3,(H,34,37)(H,35,38). The minimum atomic E-state index is -4.26. The summed E-state index contributed by atoms with van der Waals surface area (Å²) in [5.74, 6) is -4.01. The lowest BCUT2D eigenvalue weighted by molar-refractivity contribution is -0.141. The Kier molecular flexibility index (Phi) is 9.37. The number of nitrogens with zero attached hydrogens (tertiary/aromatic N) is 1. The van der Waals surface area contributed by atoms with Gasteiger partial charge in [0.1, 0.15) is 11.7 Å². The van der Waals surface area contributed by atoms with Gasteiger partial charge in [-0.05, 0) is 85.5 Å². The molecule has 4 aromatic carbocycles. The molecule has 0 saturated heterocycles. The number of hydrogen-bond donors (Lipinski definition) is 2. The van der Waals surface area contributed by atoms with Crippen LogP contribution in [0, 0.1) is 18.7 Å². The number of nitrogens with one attached hydrogen (secondary N) is 2. The third-order valence-electron chi connectivity index (χ3n) is 6.98.